The fourth-order valence-corrected chi connectivity index (χ4v) is 8.57. The highest BCUT2D eigenvalue weighted by Gasteiger charge is 2.27. The van der Waals surface area contributed by atoms with Crippen LogP contribution >= 0.6 is 0 Å². The lowest BCUT2D eigenvalue weighted by atomic mass is 9.88. The van der Waals surface area contributed by atoms with E-state index in [2.05, 4.69) is 102 Å². The summed E-state index contributed by atoms with van der Waals surface area (Å²) in [6, 6.07) is 48.2. The molecule has 2 nitrogen and oxygen atoms in total. The summed E-state index contributed by atoms with van der Waals surface area (Å²) in [7, 11) is 0. The topological polar surface area (TPSA) is 18.1 Å². The van der Waals surface area contributed by atoms with Gasteiger partial charge in [0.25, 0.3) is 0 Å². The van der Waals surface area contributed by atoms with Crippen molar-refractivity contribution in [1.29, 1.82) is 0 Å². The van der Waals surface area contributed by atoms with Gasteiger partial charge in [-0.15, -0.1) is 0 Å². The van der Waals surface area contributed by atoms with Crippen molar-refractivity contribution >= 4 is 76.1 Å². The molecule has 7 heteroatoms. The number of hydrogen-bond acceptors (Lipinski definition) is 1. The molecule has 0 radical (unpaired) electrons. The molecule has 0 aliphatic heterocycles. The first-order valence-electron chi connectivity index (χ1n) is 17.7. The van der Waals surface area contributed by atoms with Crippen LogP contribution in [-0.4, -0.2) is 4.57 Å². The minimum atomic E-state index is -2.20. The molecule has 0 amide bonds. The van der Waals surface area contributed by atoms with Crippen molar-refractivity contribution in [2.24, 2.45) is 0 Å². The number of benzene rings is 9. The summed E-state index contributed by atoms with van der Waals surface area (Å²) in [5, 5.41) is 10.4. The monoisotopic (exact) mass is 725 g/mol. The number of rotatable bonds is 3. The predicted molar refractivity (Wildman–Crippen MR) is 211 cm³/mol. The zero-order chi connectivity index (χ0) is 37.1. The highest BCUT2D eigenvalue weighted by Crippen LogP contribution is 2.47. The fraction of sp³-hybridized carbons (Fsp3) is 0. The summed E-state index contributed by atoms with van der Waals surface area (Å²) in [6.07, 6.45) is 0. The Morgan fingerprint density at radius 3 is 1.58 bits per heavy atom. The lowest BCUT2D eigenvalue weighted by Gasteiger charge is -2.17. The number of furan rings is 1. The van der Waals surface area contributed by atoms with Gasteiger partial charge in [0.2, 0.25) is 5.82 Å². The maximum atomic E-state index is 14.8. The van der Waals surface area contributed by atoms with E-state index < -0.39 is 34.6 Å². The van der Waals surface area contributed by atoms with Gasteiger partial charge in [-0.05, 0) is 92.2 Å². The molecule has 0 fully saturated rings. The minimum absolute atomic E-state index is 0.189. The van der Waals surface area contributed by atoms with E-state index >= 15 is 0 Å². The number of aromatic nitrogens is 1. The Kier molecular flexibility index (Phi) is 6.59. The summed E-state index contributed by atoms with van der Waals surface area (Å²) < 4.78 is 80.2. The molecule has 2 heterocycles. The first-order chi connectivity index (χ1) is 26.9. The molecule has 55 heavy (non-hydrogen) atoms. The van der Waals surface area contributed by atoms with Crippen molar-refractivity contribution in [2.45, 2.75) is 0 Å². The van der Waals surface area contributed by atoms with Crippen molar-refractivity contribution in [2.75, 3.05) is 0 Å². The van der Waals surface area contributed by atoms with E-state index in [9.17, 15) is 22.0 Å². The molecule has 0 N–H and O–H groups in total. The van der Waals surface area contributed by atoms with Gasteiger partial charge in [0.1, 0.15) is 11.2 Å². The van der Waals surface area contributed by atoms with Gasteiger partial charge in [0, 0.05) is 32.6 Å². The van der Waals surface area contributed by atoms with Crippen LogP contribution in [0, 0.1) is 29.1 Å². The van der Waals surface area contributed by atoms with Crippen molar-refractivity contribution in [3.8, 4) is 27.9 Å². The van der Waals surface area contributed by atoms with E-state index in [1.165, 1.54) is 22.9 Å². The van der Waals surface area contributed by atoms with Crippen LogP contribution in [-0.2, 0) is 0 Å². The smallest absolute Gasteiger partial charge is 0.200 e. The zero-order valence-corrected chi connectivity index (χ0v) is 28.6. The second-order valence-electron chi connectivity index (χ2n) is 13.8. The van der Waals surface area contributed by atoms with Crippen molar-refractivity contribution < 1.29 is 26.4 Å². The summed E-state index contributed by atoms with van der Waals surface area (Å²) >= 11 is 0. The molecule has 0 bridgehead atoms. The zero-order valence-electron chi connectivity index (χ0n) is 28.6. The first-order valence-corrected chi connectivity index (χ1v) is 17.7. The van der Waals surface area contributed by atoms with Crippen LogP contribution in [0.2, 0.25) is 0 Å². The average Bonchev–Trinajstić information content (AvgIpc) is 3.77. The van der Waals surface area contributed by atoms with Crippen LogP contribution in [0.4, 0.5) is 22.0 Å². The van der Waals surface area contributed by atoms with Gasteiger partial charge in [-0.25, -0.2) is 22.0 Å². The highest BCUT2D eigenvalue weighted by atomic mass is 19.2. The van der Waals surface area contributed by atoms with E-state index in [1.807, 2.05) is 30.3 Å². The molecule has 2 aromatic heterocycles. The second-order valence-corrected chi connectivity index (χ2v) is 13.8. The minimum Gasteiger partial charge on any atom is -0.456 e. The lowest BCUT2D eigenvalue weighted by molar-refractivity contribution is 0.381. The number of nitrogens with zero attached hydrogens (tertiary/aromatic N) is 1. The van der Waals surface area contributed by atoms with E-state index in [0.717, 1.165) is 65.6 Å². The molecule has 11 rings (SSSR count). The molecular formula is C48H24F5NO. The van der Waals surface area contributed by atoms with Gasteiger partial charge in [-0.1, -0.05) is 97.1 Å². The normalized spacial score (nSPS) is 12.1. The predicted octanol–water partition coefficient (Wildman–Crippen LogP) is 14.2. The van der Waals surface area contributed by atoms with Crippen LogP contribution in [0.3, 0.4) is 0 Å². The van der Waals surface area contributed by atoms with Crippen molar-refractivity contribution in [3.05, 3.63) is 175 Å². The summed E-state index contributed by atoms with van der Waals surface area (Å²) in [4.78, 5) is 0. The Bertz CT molecular complexity index is 3410. The molecular weight excluding hydrogens is 702 g/mol. The van der Waals surface area contributed by atoms with E-state index in [-0.39, 0.29) is 11.1 Å². The Morgan fingerprint density at radius 2 is 0.891 bits per heavy atom. The van der Waals surface area contributed by atoms with Gasteiger partial charge in [0.15, 0.2) is 23.3 Å². The number of hydrogen-bond donors (Lipinski definition) is 0. The third kappa shape index (κ3) is 4.35. The van der Waals surface area contributed by atoms with Crippen molar-refractivity contribution in [1.82, 2.24) is 4.57 Å². The molecule has 0 unspecified atom stereocenters. The van der Waals surface area contributed by atoms with Gasteiger partial charge < -0.3 is 8.98 Å². The molecule has 0 saturated heterocycles. The second kappa shape index (κ2) is 11.5. The number of para-hydroxylation sites is 2. The summed E-state index contributed by atoms with van der Waals surface area (Å²) in [5.41, 5.74) is 4.75. The molecule has 11 aromatic rings. The summed E-state index contributed by atoms with van der Waals surface area (Å²) in [5.74, 6) is -9.99. The maximum Gasteiger partial charge on any atom is 0.200 e. The van der Waals surface area contributed by atoms with Crippen LogP contribution in [0.5, 0.6) is 0 Å². The lowest BCUT2D eigenvalue weighted by Crippen LogP contribution is -2.03. The molecule has 0 aliphatic rings. The third-order valence-electron chi connectivity index (χ3n) is 10.9. The van der Waals surface area contributed by atoms with Crippen LogP contribution < -0.4 is 0 Å². The quantitative estimate of drug-likeness (QED) is 0.0768. The maximum absolute atomic E-state index is 14.8. The SMILES string of the molecule is Fc1c(F)c(F)c(-c2ccc3c(c2)oc2cc(-c4cc5c6ccccc6c6c7ccccc7n(-c7ccccc7)c6c5c5ccccc45)ccc23)c(F)c1F. The van der Waals surface area contributed by atoms with Crippen LogP contribution in [0.1, 0.15) is 0 Å². The largest absolute Gasteiger partial charge is 0.456 e. The number of fused-ring (bicyclic) bond motifs is 13. The van der Waals surface area contributed by atoms with Gasteiger partial charge in [0.05, 0.1) is 16.6 Å². The van der Waals surface area contributed by atoms with E-state index in [4.69, 9.17) is 4.42 Å². The van der Waals surface area contributed by atoms with E-state index in [1.54, 1.807) is 6.07 Å². The van der Waals surface area contributed by atoms with E-state index in [0.29, 0.717) is 11.0 Å². The van der Waals surface area contributed by atoms with Gasteiger partial charge in [-0.2, -0.15) is 0 Å². The molecule has 0 saturated carbocycles. The van der Waals surface area contributed by atoms with Gasteiger partial charge in [-0.3, -0.25) is 0 Å². The number of halogens is 5. The average molecular weight is 726 g/mol. The van der Waals surface area contributed by atoms with Crippen LogP contribution in [0.15, 0.2) is 150 Å². The standard InChI is InChI=1S/C48H24F5NO/c49-43-40(44(50)46(52)47(53)45(43)51)26-19-21-31-30-20-18-25(22-38(30)55-39(31)23-26)35-24-36-29-13-5-7-15-33(29)41-34-16-8-9-17-37(34)54(27-10-2-1-3-11-27)48(41)42(36)32-14-6-4-12-28(32)35/h1-24H. The molecule has 9 aromatic carbocycles. The Labute approximate surface area is 308 Å². The molecule has 0 aliphatic carbocycles. The van der Waals surface area contributed by atoms with Crippen LogP contribution in [0.25, 0.3) is 104 Å². The first kappa shape index (κ1) is 31.5. The Balaban J connectivity index is 1.19. The summed E-state index contributed by atoms with van der Waals surface area (Å²) in [6.45, 7) is 0. The molecule has 0 spiro atoms. The van der Waals surface area contributed by atoms with Crippen molar-refractivity contribution in [3.63, 3.8) is 0 Å². The third-order valence-corrected chi connectivity index (χ3v) is 10.9. The van der Waals surface area contributed by atoms with Gasteiger partial charge >= 0.3 is 0 Å². The Morgan fingerprint density at radius 1 is 0.382 bits per heavy atom. The highest BCUT2D eigenvalue weighted by molar-refractivity contribution is 6.37. The molecule has 262 valence electrons. The molecule has 0 atom stereocenters. The fourth-order valence-electron chi connectivity index (χ4n) is 8.57. The Hall–Kier alpha value is -6.99.